The number of nitrogens with one attached hydrogen (secondary N) is 1. The van der Waals surface area contributed by atoms with Gasteiger partial charge in [0.2, 0.25) is 0 Å². The van der Waals surface area contributed by atoms with Crippen LogP contribution < -0.4 is 15.8 Å². The molecule has 2 amide bonds. The van der Waals surface area contributed by atoms with Crippen molar-refractivity contribution in [1.82, 2.24) is 4.90 Å². The van der Waals surface area contributed by atoms with Gasteiger partial charge in [0.15, 0.2) is 0 Å². The molecule has 2 unspecified atom stereocenters. The molecule has 7 heteroatoms. The summed E-state index contributed by atoms with van der Waals surface area (Å²) >= 11 is 0. The molecule has 2 atom stereocenters. The largest absolute Gasteiger partial charge is 0.496 e. The molecule has 0 radical (unpaired) electrons. The molecule has 0 aliphatic heterocycles. The van der Waals surface area contributed by atoms with Gasteiger partial charge in [-0.05, 0) is 66.9 Å². The SMILES string of the molecule is COc1ccccc1C(=O)Nc1cccc(CN(C(=O)c2ccc(C#N)cc2)C2CCCCC2N)c1. The molecule has 0 heterocycles. The Morgan fingerprint density at radius 1 is 1.06 bits per heavy atom. The number of nitrogens with two attached hydrogens (primary N) is 1. The first-order chi connectivity index (χ1) is 17.5. The Labute approximate surface area is 211 Å². The lowest BCUT2D eigenvalue weighted by Gasteiger charge is -2.38. The van der Waals surface area contributed by atoms with Gasteiger partial charge in [-0.3, -0.25) is 9.59 Å². The molecule has 1 saturated carbocycles. The number of nitrogens with zero attached hydrogens (tertiary/aromatic N) is 2. The van der Waals surface area contributed by atoms with E-state index in [1.165, 1.54) is 7.11 Å². The summed E-state index contributed by atoms with van der Waals surface area (Å²) in [5.74, 6) is 0.103. The highest BCUT2D eigenvalue weighted by Crippen LogP contribution is 2.26. The van der Waals surface area contributed by atoms with Crippen LogP contribution in [0.4, 0.5) is 5.69 Å². The van der Waals surface area contributed by atoms with Crippen molar-refractivity contribution in [3.63, 3.8) is 0 Å². The van der Waals surface area contributed by atoms with Crippen molar-refractivity contribution < 1.29 is 14.3 Å². The fourth-order valence-electron chi connectivity index (χ4n) is 4.69. The Morgan fingerprint density at radius 2 is 1.81 bits per heavy atom. The van der Waals surface area contributed by atoms with Gasteiger partial charge in [0, 0.05) is 29.9 Å². The van der Waals surface area contributed by atoms with Crippen molar-refractivity contribution in [2.24, 2.45) is 5.73 Å². The third-order valence-corrected chi connectivity index (χ3v) is 6.59. The number of hydrogen-bond donors (Lipinski definition) is 2. The number of carbonyl (C=O) groups is 2. The third-order valence-electron chi connectivity index (χ3n) is 6.59. The average molecular weight is 483 g/mol. The summed E-state index contributed by atoms with van der Waals surface area (Å²) in [7, 11) is 1.53. The van der Waals surface area contributed by atoms with Crippen molar-refractivity contribution >= 4 is 17.5 Å². The van der Waals surface area contributed by atoms with Crippen molar-refractivity contribution in [2.45, 2.75) is 44.3 Å². The number of anilines is 1. The van der Waals surface area contributed by atoms with Crippen LogP contribution in [-0.2, 0) is 6.54 Å². The molecule has 0 spiro atoms. The lowest BCUT2D eigenvalue weighted by molar-refractivity contribution is 0.0583. The first kappa shape index (κ1) is 25.0. The lowest BCUT2D eigenvalue weighted by atomic mass is 9.89. The van der Waals surface area contributed by atoms with Gasteiger partial charge in [0.25, 0.3) is 11.8 Å². The predicted molar refractivity (Wildman–Crippen MR) is 139 cm³/mol. The van der Waals surface area contributed by atoms with E-state index < -0.39 is 0 Å². The second-order valence-electron chi connectivity index (χ2n) is 8.99. The van der Waals surface area contributed by atoms with E-state index in [4.69, 9.17) is 15.7 Å². The predicted octanol–water partition coefficient (Wildman–Crippen LogP) is 4.73. The van der Waals surface area contributed by atoms with Gasteiger partial charge in [0.05, 0.1) is 24.3 Å². The molecule has 184 valence electrons. The summed E-state index contributed by atoms with van der Waals surface area (Å²) in [5, 5.41) is 12.0. The number of methoxy groups -OCH3 is 1. The fraction of sp³-hybridized carbons (Fsp3) is 0.276. The summed E-state index contributed by atoms with van der Waals surface area (Å²) in [6.45, 7) is 0.357. The van der Waals surface area contributed by atoms with Crippen molar-refractivity contribution in [3.05, 3.63) is 95.1 Å². The third kappa shape index (κ3) is 5.73. The first-order valence-electron chi connectivity index (χ1n) is 12.1. The highest BCUT2D eigenvalue weighted by atomic mass is 16.5. The Bertz CT molecular complexity index is 1270. The number of nitriles is 1. The monoisotopic (exact) mass is 482 g/mol. The van der Waals surface area contributed by atoms with Crippen LogP contribution in [0.5, 0.6) is 5.75 Å². The van der Waals surface area contributed by atoms with Crippen molar-refractivity contribution in [2.75, 3.05) is 12.4 Å². The van der Waals surface area contributed by atoms with Gasteiger partial charge in [-0.2, -0.15) is 5.26 Å². The second-order valence-corrected chi connectivity index (χ2v) is 8.99. The van der Waals surface area contributed by atoms with Gasteiger partial charge in [0.1, 0.15) is 5.75 Å². The van der Waals surface area contributed by atoms with Crippen LogP contribution in [-0.4, -0.2) is 35.9 Å². The molecule has 4 rings (SSSR count). The smallest absolute Gasteiger partial charge is 0.259 e. The number of para-hydroxylation sites is 1. The zero-order valence-electron chi connectivity index (χ0n) is 20.3. The number of amides is 2. The molecule has 0 bridgehead atoms. The van der Waals surface area contributed by atoms with Crippen LogP contribution in [0, 0.1) is 11.3 Å². The minimum atomic E-state index is -0.274. The molecule has 1 aliphatic carbocycles. The van der Waals surface area contributed by atoms with Crippen LogP contribution >= 0.6 is 0 Å². The fourth-order valence-corrected chi connectivity index (χ4v) is 4.69. The zero-order chi connectivity index (χ0) is 25.5. The molecule has 0 saturated heterocycles. The van der Waals surface area contributed by atoms with E-state index in [1.807, 2.05) is 35.2 Å². The maximum absolute atomic E-state index is 13.6. The summed E-state index contributed by atoms with van der Waals surface area (Å²) in [5.41, 5.74) is 9.45. The summed E-state index contributed by atoms with van der Waals surface area (Å²) in [6.07, 6.45) is 3.79. The van der Waals surface area contributed by atoms with E-state index >= 15 is 0 Å². The average Bonchev–Trinajstić information content (AvgIpc) is 2.92. The number of benzene rings is 3. The zero-order valence-corrected chi connectivity index (χ0v) is 20.3. The minimum Gasteiger partial charge on any atom is -0.496 e. The molecule has 7 nitrogen and oxygen atoms in total. The van der Waals surface area contributed by atoms with E-state index in [0.29, 0.717) is 34.7 Å². The van der Waals surface area contributed by atoms with Crippen LogP contribution in [0.3, 0.4) is 0 Å². The van der Waals surface area contributed by atoms with Crippen LogP contribution in [0.1, 0.15) is 57.5 Å². The quantitative estimate of drug-likeness (QED) is 0.506. The maximum atomic E-state index is 13.6. The van der Waals surface area contributed by atoms with Crippen LogP contribution in [0.15, 0.2) is 72.8 Å². The summed E-state index contributed by atoms with van der Waals surface area (Å²) in [4.78, 5) is 28.3. The second kappa shape index (κ2) is 11.5. The van der Waals surface area contributed by atoms with Gasteiger partial charge in [-0.1, -0.05) is 37.1 Å². The van der Waals surface area contributed by atoms with E-state index in [2.05, 4.69) is 11.4 Å². The summed E-state index contributed by atoms with van der Waals surface area (Å²) < 4.78 is 5.31. The Kier molecular flexibility index (Phi) is 7.99. The highest BCUT2D eigenvalue weighted by Gasteiger charge is 2.31. The molecular formula is C29H30N4O3. The van der Waals surface area contributed by atoms with Gasteiger partial charge < -0.3 is 20.7 Å². The Hall–Kier alpha value is -4.15. The Morgan fingerprint density at radius 3 is 2.53 bits per heavy atom. The van der Waals surface area contributed by atoms with Gasteiger partial charge in [-0.15, -0.1) is 0 Å². The topological polar surface area (TPSA) is 108 Å². The first-order valence-corrected chi connectivity index (χ1v) is 12.1. The normalized spacial score (nSPS) is 17.0. The Balaban J connectivity index is 1.58. The number of carbonyl (C=O) groups excluding carboxylic acids is 2. The van der Waals surface area contributed by atoms with Gasteiger partial charge >= 0.3 is 0 Å². The molecule has 0 aromatic heterocycles. The number of rotatable bonds is 7. The van der Waals surface area contributed by atoms with E-state index in [0.717, 1.165) is 31.2 Å². The highest BCUT2D eigenvalue weighted by molar-refractivity contribution is 6.06. The molecule has 1 fully saturated rings. The molecule has 3 aromatic rings. The minimum absolute atomic E-state index is 0.0891. The van der Waals surface area contributed by atoms with Gasteiger partial charge in [-0.25, -0.2) is 0 Å². The van der Waals surface area contributed by atoms with E-state index in [1.54, 1.807) is 42.5 Å². The molecular weight excluding hydrogens is 452 g/mol. The number of hydrogen-bond acceptors (Lipinski definition) is 5. The standard InChI is InChI=1S/C29H30N4O3/c1-36-27-12-5-2-9-24(27)28(34)32-23-8-6-7-21(17-23)19-33(26-11-4-3-10-25(26)31)29(35)22-15-13-20(18-30)14-16-22/h2,5-9,12-17,25-26H,3-4,10-11,19,31H2,1H3,(H,32,34). The maximum Gasteiger partial charge on any atom is 0.259 e. The van der Waals surface area contributed by atoms with E-state index in [-0.39, 0.29) is 23.9 Å². The molecule has 3 N–H and O–H groups in total. The summed E-state index contributed by atoms with van der Waals surface area (Å²) in [6, 6.07) is 23.1. The molecule has 1 aliphatic rings. The van der Waals surface area contributed by atoms with Crippen LogP contribution in [0.2, 0.25) is 0 Å². The van der Waals surface area contributed by atoms with Crippen LogP contribution in [0.25, 0.3) is 0 Å². The molecule has 36 heavy (non-hydrogen) atoms. The molecule has 3 aromatic carbocycles. The van der Waals surface area contributed by atoms with Crippen molar-refractivity contribution in [1.29, 1.82) is 5.26 Å². The van der Waals surface area contributed by atoms with Crippen molar-refractivity contribution in [3.8, 4) is 11.8 Å². The van der Waals surface area contributed by atoms with E-state index in [9.17, 15) is 9.59 Å². The lowest BCUT2D eigenvalue weighted by Crippen LogP contribution is -2.51. The number of ether oxygens (including phenoxy) is 1.